The number of aromatic amines is 1. The van der Waals surface area contributed by atoms with Crippen LogP contribution in [0.25, 0.3) is 10.9 Å². The number of likely N-dealkylation sites (tertiary alicyclic amines) is 1. The number of H-pyrrole nitrogens is 1. The van der Waals surface area contributed by atoms with Crippen molar-refractivity contribution in [2.24, 2.45) is 4.99 Å². The summed E-state index contributed by atoms with van der Waals surface area (Å²) in [7, 11) is 0. The summed E-state index contributed by atoms with van der Waals surface area (Å²) in [6, 6.07) is 10.5. The Morgan fingerprint density at radius 3 is 2.63 bits per heavy atom. The van der Waals surface area contributed by atoms with Crippen molar-refractivity contribution >= 4 is 40.8 Å². The Bertz CT molecular complexity index is 656. The zero-order chi connectivity index (χ0) is 18.0. The van der Waals surface area contributed by atoms with Crippen molar-refractivity contribution in [1.29, 1.82) is 0 Å². The fourth-order valence-electron chi connectivity index (χ4n) is 3.59. The van der Waals surface area contributed by atoms with E-state index in [-0.39, 0.29) is 24.0 Å². The van der Waals surface area contributed by atoms with Crippen LogP contribution in [0.3, 0.4) is 0 Å². The first kappa shape index (κ1) is 22.0. The van der Waals surface area contributed by atoms with E-state index in [2.05, 4.69) is 57.8 Å². The molecular formula is C21H34IN5. The second-order valence-corrected chi connectivity index (χ2v) is 7.11. The van der Waals surface area contributed by atoms with Gasteiger partial charge in [0.1, 0.15) is 0 Å². The SMILES string of the molecule is CCNC(=NCc1cc2ccccc2[nH]1)NCCCN1CCCCCC1.I. The molecule has 1 aliphatic rings. The van der Waals surface area contributed by atoms with Crippen LogP contribution in [-0.2, 0) is 6.54 Å². The summed E-state index contributed by atoms with van der Waals surface area (Å²) in [5.41, 5.74) is 2.32. The summed E-state index contributed by atoms with van der Waals surface area (Å²) in [5.74, 6) is 0.905. The molecule has 1 aromatic heterocycles. The molecule has 0 amide bonds. The summed E-state index contributed by atoms with van der Waals surface area (Å²) in [4.78, 5) is 10.8. The van der Waals surface area contributed by atoms with Crippen molar-refractivity contribution in [2.45, 2.75) is 45.6 Å². The van der Waals surface area contributed by atoms with E-state index < -0.39 is 0 Å². The topological polar surface area (TPSA) is 55.5 Å². The van der Waals surface area contributed by atoms with E-state index >= 15 is 0 Å². The number of para-hydroxylation sites is 1. The van der Waals surface area contributed by atoms with Crippen molar-refractivity contribution in [3.05, 3.63) is 36.0 Å². The van der Waals surface area contributed by atoms with Crippen LogP contribution < -0.4 is 10.6 Å². The van der Waals surface area contributed by atoms with Crippen LogP contribution in [0.1, 0.15) is 44.7 Å². The second-order valence-electron chi connectivity index (χ2n) is 7.11. The van der Waals surface area contributed by atoms with E-state index in [0.29, 0.717) is 6.54 Å². The van der Waals surface area contributed by atoms with Gasteiger partial charge < -0.3 is 20.5 Å². The van der Waals surface area contributed by atoms with Gasteiger partial charge in [-0.25, -0.2) is 4.99 Å². The second kappa shape index (κ2) is 12.2. The summed E-state index contributed by atoms with van der Waals surface area (Å²) < 4.78 is 0. The molecule has 0 radical (unpaired) electrons. The maximum absolute atomic E-state index is 4.73. The molecule has 1 fully saturated rings. The minimum atomic E-state index is 0. The number of rotatable bonds is 7. The maximum atomic E-state index is 4.73. The van der Waals surface area contributed by atoms with E-state index in [1.54, 1.807) is 0 Å². The van der Waals surface area contributed by atoms with Gasteiger partial charge in [0.05, 0.1) is 6.54 Å². The zero-order valence-electron chi connectivity index (χ0n) is 16.5. The van der Waals surface area contributed by atoms with Crippen LogP contribution in [-0.4, -0.2) is 48.6 Å². The first-order valence-electron chi connectivity index (χ1n) is 10.2. The highest BCUT2D eigenvalue weighted by Crippen LogP contribution is 2.15. The fourth-order valence-corrected chi connectivity index (χ4v) is 3.59. The molecule has 150 valence electrons. The molecule has 0 saturated carbocycles. The molecule has 0 unspecified atom stereocenters. The Labute approximate surface area is 180 Å². The molecule has 0 spiro atoms. The largest absolute Gasteiger partial charge is 0.357 e. The summed E-state index contributed by atoms with van der Waals surface area (Å²) >= 11 is 0. The van der Waals surface area contributed by atoms with E-state index in [4.69, 9.17) is 4.99 Å². The molecule has 3 N–H and O–H groups in total. The van der Waals surface area contributed by atoms with Gasteiger partial charge in [0.15, 0.2) is 5.96 Å². The number of halogens is 1. The zero-order valence-corrected chi connectivity index (χ0v) is 18.8. The van der Waals surface area contributed by atoms with Crippen LogP contribution in [0, 0.1) is 0 Å². The Balaban J connectivity index is 0.00000261. The highest BCUT2D eigenvalue weighted by atomic mass is 127. The number of aliphatic imine (C=N–C) groups is 1. The lowest BCUT2D eigenvalue weighted by Crippen LogP contribution is -2.39. The summed E-state index contributed by atoms with van der Waals surface area (Å²) in [6.45, 7) is 8.35. The standard InChI is InChI=1S/C21H33N5.HI/c1-2-22-21(23-12-9-15-26-13-7-3-4-8-14-26)24-17-19-16-18-10-5-6-11-20(18)25-19;/h5-6,10-11,16,25H,2-4,7-9,12-15,17H2,1H3,(H2,22,23,24);1H. The van der Waals surface area contributed by atoms with E-state index in [0.717, 1.165) is 31.2 Å². The smallest absolute Gasteiger partial charge is 0.191 e. The summed E-state index contributed by atoms with van der Waals surface area (Å²) in [6.07, 6.45) is 6.69. The molecule has 0 atom stereocenters. The Morgan fingerprint density at radius 1 is 1.11 bits per heavy atom. The number of fused-ring (bicyclic) bond motifs is 1. The number of benzene rings is 1. The van der Waals surface area contributed by atoms with Crippen molar-refractivity contribution in [3.63, 3.8) is 0 Å². The Hall–Kier alpha value is -1.28. The highest BCUT2D eigenvalue weighted by Gasteiger charge is 2.08. The van der Waals surface area contributed by atoms with E-state index in [9.17, 15) is 0 Å². The lowest BCUT2D eigenvalue weighted by atomic mass is 10.2. The number of hydrogen-bond donors (Lipinski definition) is 3. The molecule has 1 saturated heterocycles. The van der Waals surface area contributed by atoms with Crippen LogP contribution in [0.5, 0.6) is 0 Å². The molecular weight excluding hydrogens is 449 g/mol. The molecule has 5 nitrogen and oxygen atoms in total. The molecule has 2 heterocycles. The van der Waals surface area contributed by atoms with Crippen molar-refractivity contribution in [1.82, 2.24) is 20.5 Å². The monoisotopic (exact) mass is 483 g/mol. The van der Waals surface area contributed by atoms with Crippen molar-refractivity contribution in [2.75, 3.05) is 32.7 Å². The van der Waals surface area contributed by atoms with Gasteiger partial charge in [0.25, 0.3) is 0 Å². The normalized spacial score (nSPS) is 16.0. The van der Waals surface area contributed by atoms with Gasteiger partial charge in [-0.15, -0.1) is 24.0 Å². The van der Waals surface area contributed by atoms with Crippen molar-refractivity contribution in [3.8, 4) is 0 Å². The number of hydrogen-bond acceptors (Lipinski definition) is 2. The van der Waals surface area contributed by atoms with Gasteiger partial charge in [0.2, 0.25) is 0 Å². The average molecular weight is 483 g/mol. The molecule has 6 heteroatoms. The molecule has 1 aliphatic heterocycles. The highest BCUT2D eigenvalue weighted by molar-refractivity contribution is 14.0. The third-order valence-electron chi connectivity index (χ3n) is 4.98. The van der Waals surface area contributed by atoms with Gasteiger partial charge in [-0.1, -0.05) is 31.0 Å². The number of aromatic nitrogens is 1. The van der Waals surface area contributed by atoms with Gasteiger partial charge in [0, 0.05) is 24.3 Å². The maximum Gasteiger partial charge on any atom is 0.191 e. The minimum absolute atomic E-state index is 0. The van der Waals surface area contributed by atoms with Crippen LogP contribution >= 0.6 is 24.0 Å². The molecule has 3 rings (SSSR count). The lowest BCUT2D eigenvalue weighted by molar-refractivity contribution is 0.282. The first-order chi connectivity index (χ1) is 12.8. The van der Waals surface area contributed by atoms with Gasteiger partial charge >= 0.3 is 0 Å². The van der Waals surface area contributed by atoms with Gasteiger partial charge in [-0.2, -0.15) is 0 Å². The predicted molar refractivity (Wildman–Crippen MR) is 126 cm³/mol. The third-order valence-corrected chi connectivity index (χ3v) is 4.98. The van der Waals surface area contributed by atoms with Crippen LogP contribution in [0.2, 0.25) is 0 Å². The minimum Gasteiger partial charge on any atom is -0.357 e. The fraction of sp³-hybridized carbons (Fsp3) is 0.571. The van der Waals surface area contributed by atoms with E-state index in [1.165, 1.54) is 56.2 Å². The summed E-state index contributed by atoms with van der Waals surface area (Å²) in [5, 5.41) is 8.07. The molecule has 0 bridgehead atoms. The van der Waals surface area contributed by atoms with Crippen LogP contribution in [0.15, 0.2) is 35.3 Å². The molecule has 1 aromatic carbocycles. The van der Waals surface area contributed by atoms with Gasteiger partial charge in [-0.05, 0) is 63.3 Å². The molecule has 0 aliphatic carbocycles. The molecule has 27 heavy (non-hydrogen) atoms. The molecule has 2 aromatic rings. The number of nitrogens with one attached hydrogen (secondary N) is 3. The first-order valence-corrected chi connectivity index (χ1v) is 10.2. The quantitative estimate of drug-likeness (QED) is 0.241. The van der Waals surface area contributed by atoms with Gasteiger partial charge in [-0.3, -0.25) is 0 Å². The Morgan fingerprint density at radius 2 is 1.89 bits per heavy atom. The van der Waals surface area contributed by atoms with E-state index in [1.807, 2.05) is 0 Å². The van der Waals surface area contributed by atoms with Crippen LogP contribution in [0.4, 0.5) is 0 Å². The third kappa shape index (κ3) is 7.33. The number of guanidine groups is 1. The lowest BCUT2D eigenvalue weighted by Gasteiger charge is -2.20. The number of nitrogens with zero attached hydrogens (tertiary/aromatic N) is 2. The predicted octanol–water partition coefficient (Wildman–Crippen LogP) is 4.11. The average Bonchev–Trinajstić information content (AvgIpc) is 2.90. The van der Waals surface area contributed by atoms with Crippen molar-refractivity contribution < 1.29 is 0 Å². The Kier molecular flexibility index (Phi) is 9.97.